The lowest BCUT2D eigenvalue weighted by molar-refractivity contribution is 0.0173. The fraction of sp³-hybridized carbons (Fsp3) is 0.462. The fourth-order valence-electron chi connectivity index (χ4n) is 1.82. The molecule has 1 amide bonds. The molecule has 17 heavy (non-hydrogen) atoms. The summed E-state index contributed by atoms with van der Waals surface area (Å²) in [4.78, 5) is 13.1. The molecule has 1 saturated carbocycles. The van der Waals surface area contributed by atoms with Gasteiger partial charge >= 0.3 is 6.09 Å². The van der Waals surface area contributed by atoms with Crippen LogP contribution in [-0.4, -0.2) is 28.9 Å². The molecule has 0 aliphatic heterocycles. The summed E-state index contributed by atoms with van der Waals surface area (Å²) in [5.41, 5.74) is 0.951. The molecular formula is C13H17NO3. The summed E-state index contributed by atoms with van der Waals surface area (Å²) in [7, 11) is 0. The van der Waals surface area contributed by atoms with Crippen LogP contribution in [0.2, 0.25) is 0 Å². The van der Waals surface area contributed by atoms with E-state index in [-0.39, 0.29) is 19.4 Å². The Labute approximate surface area is 101 Å². The van der Waals surface area contributed by atoms with Crippen LogP contribution in [0, 0.1) is 0 Å². The quantitative estimate of drug-likeness (QED) is 0.813. The summed E-state index contributed by atoms with van der Waals surface area (Å²) >= 11 is 0. The maximum atomic E-state index is 11.7. The SMILES string of the molecule is O=C(OCc1ccccc1)N(CO)C1CCC1. The van der Waals surface area contributed by atoms with Crippen LogP contribution >= 0.6 is 0 Å². The Morgan fingerprint density at radius 2 is 2.06 bits per heavy atom. The van der Waals surface area contributed by atoms with Crippen LogP contribution in [0.15, 0.2) is 30.3 Å². The zero-order valence-corrected chi connectivity index (χ0v) is 9.71. The van der Waals surface area contributed by atoms with E-state index in [1.165, 1.54) is 4.90 Å². The topological polar surface area (TPSA) is 49.8 Å². The molecule has 1 aliphatic carbocycles. The van der Waals surface area contributed by atoms with Crippen LogP contribution in [-0.2, 0) is 11.3 Å². The highest BCUT2D eigenvalue weighted by Gasteiger charge is 2.29. The molecule has 0 bridgehead atoms. The van der Waals surface area contributed by atoms with Gasteiger partial charge in [0.05, 0.1) is 0 Å². The molecule has 1 aromatic carbocycles. The number of amides is 1. The third-order valence-electron chi connectivity index (χ3n) is 3.11. The van der Waals surface area contributed by atoms with E-state index in [9.17, 15) is 4.79 Å². The normalized spacial score (nSPS) is 15.1. The van der Waals surface area contributed by atoms with Crippen LogP contribution < -0.4 is 0 Å². The molecule has 92 valence electrons. The lowest BCUT2D eigenvalue weighted by Gasteiger charge is -2.35. The number of nitrogens with zero attached hydrogens (tertiary/aromatic N) is 1. The molecule has 2 rings (SSSR count). The van der Waals surface area contributed by atoms with Crippen LogP contribution in [0.1, 0.15) is 24.8 Å². The third kappa shape index (κ3) is 2.97. The van der Waals surface area contributed by atoms with Gasteiger partial charge in [-0.1, -0.05) is 30.3 Å². The van der Waals surface area contributed by atoms with Crippen molar-refractivity contribution in [3.8, 4) is 0 Å². The molecular weight excluding hydrogens is 218 g/mol. The lowest BCUT2D eigenvalue weighted by atomic mass is 9.92. The predicted molar refractivity (Wildman–Crippen MR) is 63.2 cm³/mol. The van der Waals surface area contributed by atoms with Gasteiger partial charge in [-0.2, -0.15) is 0 Å². The minimum atomic E-state index is -0.430. The zero-order valence-electron chi connectivity index (χ0n) is 9.71. The molecule has 0 heterocycles. The summed E-state index contributed by atoms with van der Waals surface area (Å²) in [6, 6.07) is 9.68. The second-order valence-corrected chi connectivity index (χ2v) is 4.24. The van der Waals surface area contributed by atoms with E-state index >= 15 is 0 Å². The van der Waals surface area contributed by atoms with Crippen molar-refractivity contribution in [1.82, 2.24) is 4.90 Å². The highest BCUT2D eigenvalue weighted by atomic mass is 16.6. The summed E-state index contributed by atoms with van der Waals surface area (Å²) in [5, 5.41) is 9.15. The second kappa shape index (κ2) is 5.68. The first-order valence-electron chi connectivity index (χ1n) is 5.89. The Kier molecular flexibility index (Phi) is 3.98. The first-order valence-corrected chi connectivity index (χ1v) is 5.89. The number of ether oxygens (including phenoxy) is 1. The molecule has 1 N–H and O–H groups in total. The summed E-state index contributed by atoms with van der Waals surface area (Å²) in [6.07, 6.45) is 2.61. The smallest absolute Gasteiger partial charge is 0.412 e. The van der Waals surface area contributed by atoms with Gasteiger partial charge in [0.2, 0.25) is 0 Å². The minimum absolute atomic E-state index is 0.156. The summed E-state index contributed by atoms with van der Waals surface area (Å²) in [6.45, 7) is -0.0127. The van der Waals surface area contributed by atoms with Gasteiger partial charge in [-0.25, -0.2) is 4.79 Å². The molecule has 0 unspecified atom stereocenters. The lowest BCUT2D eigenvalue weighted by Crippen LogP contribution is -2.44. The van der Waals surface area contributed by atoms with Crippen molar-refractivity contribution in [2.75, 3.05) is 6.73 Å². The first-order chi connectivity index (χ1) is 8.31. The van der Waals surface area contributed by atoms with Crippen LogP contribution in [0.3, 0.4) is 0 Å². The van der Waals surface area contributed by atoms with Gasteiger partial charge in [-0.3, -0.25) is 4.90 Å². The largest absolute Gasteiger partial charge is 0.444 e. The van der Waals surface area contributed by atoms with Gasteiger partial charge in [0.15, 0.2) is 0 Å². The molecule has 0 aromatic heterocycles. The Balaban J connectivity index is 1.83. The molecule has 0 spiro atoms. The Bertz CT molecular complexity index is 362. The van der Waals surface area contributed by atoms with Crippen molar-refractivity contribution >= 4 is 6.09 Å². The number of hydrogen-bond acceptors (Lipinski definition) is 3. The van der Waals surface area contributed by atoms with Crippen molar-refractivity contribution < 1.29 is 14.6 Å². The molecule has 0 saturated heterocycles. The van der Waals surface area contributed by atoms with Crippen LogP contribution in [0.25, 0.3) is 0 Å². The van der Waals surface area contributed by atoms with E-state index in [4.69, 9.17) is 9.84 Å². The molecule has 0 radical (unpaired) electrons. The van der Waals surface area contributed by atoms with E-state index in [1.807, 2.05) is 30.3 Å². The van der Waals surface area contributed by atoms with Crippen molar-refractivity contribution in [3.63, 3.8) is 0 Å². The van der Waals surface area contributed by atoms with Gasteiger partial charge < -0.3 is 9.84 Å². The zero-order chi connectivity index (χ0) is 12.1. The molecule has 4 heteroatoms. The Morgan fingerprint density at radius 3 is 2.59 bits per heavy atom. The number of rotatable bonds is 4. The van der Waals surface area contributed by atoms with Crippen molar-refractivity contribution in [2.24, 2.45) is 0 Å². The molecule has 0 atom stereocenters. The van der Waals surface area contributed by atoms with E-state index in [1.54, 1.807) is 0 Å². The predicted octanol–water partition coefficient (Wildman–Crippen LogP) is 2.13. The molecule has 1 aromatic rings. The summed E-state index contributed by atoms with van der Waals surface area (Å²) < 4.78 is 5.16. The Morgan fingerprint density at radius 1 is 1.35 bits per heavy atom. The standard InChI is InChI=1S/C13H17NO3/c15-10-14(12-7-4-8-12)13(16)17-9-11-5-2-1-3-6-11/h1-3,5-6,12,15H,4,7-10H2. The summed E-state index contributed by atoms with van der Waals surface area (Å²) in [5.74, 6) is 0. The van der Waals surface area contributed by atoms with Gasteiger partial charge in [-0.15, -0.1) is 0 Å². The van der Waals surface area contributed by atoms with E-state index in [2.05, 4.69) is 0 Å². The van der Waals surface area contributed by atoms with Gasteiger partial charge in [0, 0.05) is 6.04 Å². The molecule has 4 nitrogen and oxygen atoms in total. The maximum absolute atomic E-state index is 11.7. The number of carbonyl (C=O) groups excluding carboxylic acids is 1. The number of aliphatic hydroxyl groups excluding tert-OH is 1. The van der Waals surface area contributed by atoms with Crippen LogP contribution in [0.4, 0.5) is 4.79 Å². The van der Waals surface area contributed by atoms with Gasteiger partial charge in [0.25, 0.3) is 0 Å². The second-order valence-electron chi connectivity index (χ2n) is 4.24. The highest BCUT2D eigenvalue weighted by molar-refractivity contribution is 5.68. The molecule has 1 aliphatic rings. The van der Waals surface area contributed by atoms with E-state index in [0.29, 0.717) is 0 Å². The van der Waals surface area contributed by atoms with Crippen molar-refractivity contribution in [3.05, 3.63) is 35.9 Å². The minimum Gasteiger partial charge on any atom is -0.444 e. The number of hydrogen-bond donors (Lipinski definition) is 1. The first kappa shape index (κ1) is 11.9. The van der Waals surface area contributed by atoms with Gasteiger partial charge in [-0.05, 0) is 24.8 Å². The average Bonchev–Trinajstić information content (AvgIpc) is 2.31. The number of carbonyl (C=O) groups is 1. The number of benzene rings is 1. The molecule has 1 fully saturated rings. The van der Waals surface area contributed by atoms with Gasteiger partial charge in [0.1, 0.15) is 13.3 Å². The highest BCUT2D eigenvalue weighted by Crippen LogP contribution is 2.24. The van der Waals surface area contributed by atoms with E-state index < -0.39 is 6.09 Å². The average molecular weight is 235 g/mol. The third-order valence-corrected chi connectivity index (χ3v) is 3.11. The maximum Gasteiger partial charge on any atom is 0.412 e. The fourth-order valence-corrected chi connectivity index (χ4v) is 1.82. The number of aliphatic hydroxyl groups is 1. The van der Waals surface area contributed by atoms with Crippen molar-refractivity contribution in [2.45, 2.75) is 31.9 Å². The van der Waals surface area contributed by atoms with E-state index in [0.717, 1.165) is 24.8 Å². The Hall–Kier alpha value is -1.55. The van der Waals surface area contributed by atoms with Crippen molar-refractivity contribution in [1.29, 1.82) is 0 Å². The monoisotopic (exact) mass is 235 g/mol. The van der Waals surface area contributed by atoms with Crippen LogP contribution in [0.5, 0.6) is 0 Å².